The lowest BCUT2D eigenvalue weighted by molar-refractivity contribution is 0.418. The summed E-state index contributed by atoms with van der Waals surface area (Å²) >= 11 is 1.73. The molecule has 1 aromatic carbocycles. The molecule has 178 valence electrons. The normalized spacial score (nSPS) is 16.1. The molecule has 2 aromatic rings. The molecule has 1 aliphatic rings. The molecule has 32 heavy (non-hydrogen) atoms. The molecule has 0 unspecified atom stereocenters. The lowest BCUT2D eigenvalue weighted by atomic mass is 10.1. The lowest BCUT2D eigenvalue weighted by Gasteiger charge is -2.21. The second kappa shape index (κ2) is 11.6. The fourth-order valence-corrected chi connectivity index (χ4v) is 6.86. The van der Waals surface area contributed by atoms with Gasteiger partial charge in [-0.1, -0.05) is 63.4 Å². The predicted molar refractivity (Wildman–Crippen MR) is 132 cm³/mol. The minimum atomic E-state index is -3.53. The molecule has 1 fully saturated rings. The van der Waals surface area contributed by atoms with Gasteiger partial charge in [0.05, 0.1) is 4.90 Å². The monoisotopic (exact) mass is 479 g/mol. The van der Waals surface area contributed by atoms with E-state index in [0.717, 1.165) is 41.7 Å². The van der Waals surface area contributed by atoms with Crippen molar-refractivity contribution in [3.63, 3.8) is 0 Å². The minimum Gasteiger partial charge on any atom is -0.309 e. The quantitative estimate of drug-likeness (QED) is 0.368. The first-order valence-corrected chi connectivity index (χ1v) is 14.1. The number of thioether (sulfide) groups is 1. The first-order valence-electron chi connectivity index (χ1n) is 11.7. The van der Waals surface area contributed by atoms with Crippen molar-refractivity contribution in [3.8, 4) is 11.4 Å². The van der Waals surface area contributed by atoms with Crippen molar-refractivity contribution < 1.29 is 8.42 Å². The molecule has 1 saturated carbocycles. The van der Waals surface area contributed by atoms with E-state index in [9.17, 15) is 8.42 Å². The SMILES string of the molecule is CCN(CC)S(=O)(=O)c1cccc(-c2nnc(SCCN(C)C)n2C2CCCCCC2)c1. The number of aromatic nitrogens is 3. The molecule has 1 heterocycles. The molecule has 0 radical (unpaired) electrons. The van der Waals surface area contributed by atoms with Crippen molar-refractivity contribution >= 4 is 21.8 Å². The van der Waals surface area contributed by atoms with Gasteiger partial charge in [0.25, 0.3) is 0 Å². The second-order valence-electron chi connectivity index (χ2n) is 8.59. The van der Waals surface area contributed by atoms with Crippen LogP contribution < -0.4 is 0 Å². The van der Waals surface area contributed by atoms with E-state index in [0.29, 0.717) is 24.0 Å². The molecule has 0 N–H and O–H groups in total. The molecule has 0 amide bonds. The summed E-state index contributed by atoms with van der Waals surface area (Å²) in [6.45, 7) is 5.60. The Morgan fingerprint density at radius 3 is 2.38 bits per heavy atom. The summed E-state index contributed by atoms with van der Waals surface area (Å²) in [5.41, 5.74) is 0.814. The molecule has 3 rings (SSSR count). The van der Waals surface area contributed by atoms with Crippen LogP contribution in [0.5, 0.6) is 0 Å². The molecule has 7 nitrogen and oxygen atoms in total. The number of sulfonamides is 1. The molecule has 0 aliphatic heterocycles. The Kier molecular flexibility index (Phi) is 9.16. The van der Waals surface area contributed by atoms with Gasteiger partial charge in [0.1, 0.15) is 0 Å². The molecule has 1 aromatic heterocycles. The summed E-state index contributed by atoms with van der Waals surface area (Å²) in [5.74, 6) is 1.72. The molecule has 0 bridgehead atoms. The summed E-state index contributed by atoms with van der Waals surface area (Å²) in [6.07, 6.45) is 7.19. The molecule has 0 atom stereocenters. The van der Waals surface area contributed by atoms with Gasteiger partial charge in [-0.05, 0) is 39.1 Å². The summed E-state index contributed by atoms with van der Waals surface area (Å²) in [5, 5.41) is 10.1. The van der Waals surface area contributed by atoms with Gasteiger partial charge >= 0.3 is 0 Å². The first kappa shape index (κ1) is 25.2. The average Bonchev–Trinajstić information content (AvgIpc) is 3.00. The summed E-state index contributed by atoms with van der Waals surface area (Å²) in [7, 11) is 0.620. The van der Waals surface area contributed by atoms with E-state index < -0.39 is 10.0 Å². The Labute approximate surface area is 197 Å². The van der Waals surface area contributed by atoms with Crippen LogP contribution in [0.15, 0.2) is 34.3 Å². The van der Waals surface area contributed by atoms with E-state index in [1.54, 1.807) is 23.9 Å². The van der Waals surface area contributed by atoms with Crippen LogP contribution in [0.1, 0.15) is 58.4 Å². The summed E-state index contributed by atoms with van der Waals surface area (Å²) in [6, 6.07) is 7.56. The van der Waals surface area contributed by atoms with Gasteiger partial charge in [0.2, 0.25) is 10.0 Å². The Morgan fingerprint density at radius 1 is 1.06 bits per heavy atom. The third-order valence-electron chi connectivity index (χ3n) is 6.06. The molecule has 0 spiro atoms. The summed E-state index contributed by atoms with van der Waals surface area (Å²) < 4.78 is 30.0. The predicted octanol–water partition coefficient (Wildman–Crippen LogP) is 4.52. The highest BCUT2D eigenvalue weighted by molar-refractivity contribution is 7.99. The van der Waals surface area contributed by atoms with Crippen molar-refractivity contribution in [1.82, 2.24) is 24.0 Å². The molecular formula is C23H37N5O2S2. The summed E-state index contributed by atoms with van der Waals surface area (Å²) in [4.78, 5) is 2.48. The van der Waals surface area contributed by atoms with Gasteiger partial charge in [-0.15, -0.1) is 10.2 Å². The van der Waals surface area contributed by atoms with E-state index in [-0.39, 0.29) is 0 Å². The van der Waals surface area contributed by atoms with Crippen LogP contribution >= 0.6 is 11.8 Å². The lowest BCUT2D eigenvalue weighted by Crippen LogP contribution is -2.30. The number of benzene rings is 1. The molecular weight excluding hydrogens is 442 g/mol. The van der Waals surface area contributed by atoms with Crippen LogP contribution in [0.2, 0.25) is 0 Å². The van der Waals surface area contributed by atoms with Crippen molar-refractivity contribution in [2.45, 2.75) is 68.5 Å². The van der Waals surface area contributed by atoms with Crippen molar-refractivity contribution in [2.24, 2.45) is 0 Å². The fourth-order valence-electron chi connectivity index (χ4n) is 4.25. The van der Waals surface area contributed by atoms with E-state index >= 15 is 0 Å². The van der Waals surface area contributed by atoms with Gasteiger partial charge in [-0.2, -0.15) is 4.31 Å². The van der Waals surface area contributed by atoms with Gasteiger partial charge in [0.15, 0.2) is 11.0 Å². The van der Waals surface area contributed by atoms with Crippen molar-refractivity contribution in [3.05, 3.63) is 24.3 Å². The first-order chi connectivity index (χ1) is 15.4. The highest BCUT2D eigenvalue weighted by Gasteiger charge is 2.26. The smallest absolute Gasteiger partial charge is 0.243 e. The zero-order valence-electron chi connectivity index (χ0n) is 19.8. The highest BCUT2D eigenvalue weighted by atomic mass is 32.2. The number of rotatable bonds is 10. The zero-order chi connectivity index (χ0) is 23.1. The van der Waals surface area contributed by atoms with Crippen LogP contribution in [0, 0.1) is 0 Å². The molecule has 1 aliphatic carbocycles. The Morgan fingerprint density at radius 2 is 1.75 bits per heavy atom. The Balaban J connectivity index is 2.00. The van der Waals surface area contributed by atoms with E-state index in [1.807, 2.05) is 26.0 Å². The minimum absolute atomic E-state index is 0.316. The zero-order valence-corrected chi connectivity index (χ0v) is 21.5. The maximum atomic E-state index is 13.1. The molecule has 9 heteroatoms. The van der Waals surface area contributed by atoms with Crippen LogP contribution in [0.3, 0.4) is 0 Å². The average molecular weight is 480 g/mol. The van der Waals surface area contributed by atoms with Crippen LogP contribution in [0.25, 0.3) is 11.4 Å². The van der Waals surface area contributed by atoms with Crippen LogP contribution in [-0.4, -0.2) is 71.9 Å². The Hall–Kier alpha value is -1.42. The number of hydrogen-bond donors (Lipinski definition) is 0. The van der Waals surface area contributed by atoms with Gasteiger partial charge in [-0.25, -0.2) is 8.42 Å². The number of hydrogen-bond acceptors (Lipinski definition) is 6. The van der Waals surface area contributed by atoms with Crippen molar-refractivity contribution in [2.75, 3.05) is 39.5 Å². The highest BCUT2D eigenvalue weighted by Crippen LogP contribution is 2.35. The van der Waals surface area contributed by atoms with Gasteiger partial charge < -0.3 is 4.90 Å². The fraction of sp³-hybridized carbons (Fsp3) is 0.652. The van der Waals surface area contributed by atoms with Gasteiger partial charge in [-0.3, -0.25) is 4.57 Å². The van der Waals surface area contributed by atoms with E-state index in [1.165, 1.54) is 30.0 Å². The third-order valence-corrected chi connectivity index (χ3v) is 9.03. The molecule has 0 saturated heterocycles. The third kappa shape index (κ3) is 5.92. The second-order valence-corrected chi connectivity index (χ2v) is 11.6. The maximum absolute atomic E-state index is 13.1. The topological polar surface area (TPSA) is 71.3 Å². The maximum Gasteiger partial charge on any atom is 0.243 e. The largest absolute Gasteiger partial charge is 0.309 e. The number of nitrogens with zero attached hydrogens (tertiary/aromatic N) is 5. The standard InChI is InChI=1S/C23H37N5O2S2/c1-5-27(6-2)32(29,30)21-15-11-12-19(18-21)22-24-25-23(31-17-16-26(3)4)28(22)20-13-9-7-8-10-14-20/h11-12,15,18,20H,5-10,13-14,16-17H2,1-4H3. The van der Waals surface area contributed by atoms with Crippen LogP contribution in [0.4, 0.5) is 0 Å². The van der Waals surface area contributed by atoms with E-state index in [2.05, 4.69) is 33.8 Å². The Bertz CT molecular complexity index is 963. The van der Waals surface area contributed by atoms with E-state index in [4.69, 9.17) is 0 Å². The van der Waals surface area contributed by atoms with Crippen LogP contribution in [-0.2, 0) is 10.0 Å². The van der Waals surface area contributed by atoms with Gasteiger partial charge in [0, 0.05) is 37.0 Å². The van der Waals surface area contributed by atoms with Crippen molar-refractivity contribution in [1.29, 1.82) is 0 Å².